The fourth-order valence-corrected chi connectivity index (χ4v) is 6.21. The summed E-state index contributed by atoms with van der Waals surface area (Å²) in [6.07, 6.45) is -5.24. The van der Waals surface area contributed by atoms with Gasteiger partial charge in [-0.3, -0.25) is 62.5 Å². The van der Waals surface area contributed by atoms with Gasteiger partial charge in [-0.25, -0.2) is 4.79 Å². The van der Waals surface area contributed by atoms with Crippen molar-refractivity contribution in [2.24, 2.45) is 45.5 Å². The molecule has 0 saturated heterocycles. The van der Waals surface area contributed by atoms with E-state index in [2.05, 4.69) is 47.5 Å². The van der Waals surface area contributed by atoms with E-state index in [4.69, 9.17) is 33.8 Å². The summed E-state index contributed by atoms with van der Waals surface area (Å²) in [4.78, 5) is 169. The number of carbonyl (C=O) groups excluding carboxylic acids is 10. The van der Waals surface area contributed by atoms with Crippen molar-refractivity contribution < 1.29 is 82.8 Å². The Morgan fingerprint density at radius 1 is 0.528 bits per heavy atom. The van der Waals surface area contributed by atoms with E-state index in [9.17, 15) is 77.6 Å². The van der Waals surface area contributed by atoms with Crippen molar-refractivity contribution in [1.82, 2.24) is 42.5 Å². The highest BCUT2D eigenvalue weighted by Gasteiger charge is 2.36. The van der Waals surface area contributed by atoms with Gasteiger partial charge in [-0.15, -0.1) is 0 Å². The van der Waals surface area contributed by atoms with E-state index >= 15 is 0 Å². The maximum Gasteiger partial charge on any atom is 0.326 e. The van der Waals surface area contributed by atoms with Crippen molar-refractivity contribution >= 4 is 82.9 Å². The number of carbonyl (C=O) groups is 13. The molecule has 406 valence electrons. The molecule has 10 atom stereocenters. The first-order valence-electron chi connectivity index (χ1n) is 22.5. The highest BCUT2D eigenvalue weighted by molar-refractivity contribution is 5.99. The molecular formula is C41H70N14O17. The lowest BCUT2D eigenvalue weighted by Gasteiger charge is -2.30. The first-order valence-corrected chi connectivity index (χ1v) is 22.5. The molecule has 0 radical (unpaired) electrons. The van der Waals surface area contributed by atoms with E-state index in [1.807, 2.05) is 0 Å². The van der Waals surface area contributed by atoms with E-state index in [-0.39, 0.29) is 31.8 Å². The zero-order valence-corrected chi connectivity index (χ0v) is 40.6. The summed E-state index contributed by atoms with van der Waals surface area (Å²) in [5.74, 6) is -17.0. The van der Waals surface area contributed by atoms with Crippen molar-refractivity contribution in [3.63, 3.8) is 0 Å². The SMILES string of the molecule is CC[C@H](C)[C@H](NC(=O)[C@@H](NC(=O)[C@H](CCC(N)=O)NC(=O)CNC(=O)[C@H](CC(=O)O)NC(=O)[C@H](CCCN=C(N)N)NC(=O)[C@@H](N)[C@@H](C)O)C(C)C)C(=O)N[C@@H](CC(N)=O)C(=O)N[C@@H](CCC(=O)O)C(=O)O. The molecule has 0 heterocycles. The topological polar surface area (TPSA) is 542 Å². The third kappa shape index (κ3) is 25.2. The van der Waals surface area contributed by atoms with Gasteiger partial charge < -0.3 is 91.6 Å². The van der Waals surface area contributed by atoms with Gasteiger partial charge in [-0.05, 0) is 44.4 Å². The Balaban J connectivity index is 6.34. The van der Waals surface area contributed by atoms with E-state index in [1.165, 1.54) is 27.7 Å². The van der Waals surface area contributed by atoms with Crippen LogP contribution in [0.2, 0.25) is 0 Å². The van der Waals surface area contributed by atoms with Crippen LogP contribution in [0, 0.1) is 11.8 Å². The van der Waals surface area contributed by atoms with Gasteiger partial charge in [0, 0.05) is 19.4 Å². The van der Waals surface area contributed by atoms with E-state index in [0.717, 1.165) is 0 Å². The van der Waals surface area contributed by atoms with Crippen LogP contribution in [-0.4, -0.2) is 171 Å². The number of aliphatic hydroxyl groups is 1. The predicted octanol–water partition coefficient (Wildman–Crippen LogP) is -7.48. The Labute approximate surface area is 413 Å². The minimum absolute atomic E-state index is 0.00868. The second kappa shape index (κ2) is 32.2. The van der Waals surface area contributed by atoms with Gasteiger partial charge in [-0.1, -0.05) is 34.1 Å². The molecular weight excluding hydrogens is 961 g/mol. The van der Waals surface area contributed by atoms with Gasteiger partial charge in [0.05, 0.1) is 25.5 Å². The number of nitrogens with two attached hydrogens (primary N) is 5. The lowest BCUT2D eigenvalue weighted by molar-refractivity contribution is -0.144. The molecule has 0 spiro atoms. The average molecular weight is 1030 g/mol. The smallest absolute Gasteiger partial charge is 0.326 e. The number of nitrogens with zero attached hydrogens (tertiary/aromatic N) is 1. The number of carboxylic acid groups (broad SMARTS) is 3. The molecule has 22 N–H and O–H groups in total. The minimum atomic E-state index is -1.86. The Morgan fingerprint density at radius 3 is 1.51 bits per heavy atom. The maximum atomic E-state index is 13.8. The Hall–Kier alpha value is -7.70. The quantitative estimate of drug-likeness (QED) is 0.0159. The number of guanidine groups is 1. The molecule has 31 nitrogen and oxygen atoms in total. The number of carboxylic acids is 3. The summed E-state index contributed by atoms with van der Waals surface area (Å²) in [5, 5.41) is 55.8. The highest BCUT2D eigenvalue weighted by atomic mass is 16.4. The van der Waals surface area contributed by atoms with Crippen LogP contribution in [0.4, 0.5) is 0 Å². The summed E-state index contributed by atoms with van der Waals surface area (Å²) in [5.41, 5.74) is 26.9. The number of hydrogen-bond acceptors (Lipinski definition) is 16. The van der Waals surface area contributed by atoms with Gasteiger partial charge in [0.25, 0.3) is 0 Å². The minimum Gasteiger partial charge on any atom is -0.481 e. The van der Waals surface area contributed by atoms with Crippen LogP contribution in [0.15, 0.2) is 4.99 Å². The standard InChI is InChI=1S/C41H70N14O17/c1-6-18(4)32(39(70)53-23(14-26(43)58)36(67)51-22(40(71)72)10-12-28(60)61)55-38(69)31(17(2)3)54-35(66)21(9-11-25(42)57)49-27(59)16-48-33(64)24(15-29(62)63)52-34(65)20(8-7-13-47-41(45)46)50-37(68)30(44)19(5)56/h17-24,30-32,56H,6-16,44H2,1-5H3,(H2,42,57)(H2,43,58)(H,48,64)(H,49,59)(H,50,68)(H,51,67)(H,52,65)(H,53,70)(H,54,66)(H,55,69)(H,60,61)(H,62,63)(H,71,72)(H4,45,46,47)/t18-,19+,20-,21-,22-,23-,24-,30-,31-,32-/m0/s1. The molecule has 10 amide bonds. The Kier molecular flexibility index (Phi) is 28.8. The monoisotopic (exact) mass is 1030 g/mol. The first kappa shape index (κ1) is 64.3. The number of aliphatic hydroxyl groups excluding tert-OH is 1. The second-order valence-electron chi connectivity index (χ2n) is 16.9. The lowest BCUT2D eigenvalue weighted by atomic mass is 9.95. The average Bonchev–Trinajstić information content (AvgIpc) is 3.27. The van der Waals surface area contributed by atoms with Crippen LogP contribution in [0.5, 0.6) is 0 Å². The zero-order valence-electron chi connectivity index (χ0n) is 40.6. The molecule has 31 heteroatoms. The van der Waals surface area contributed by atoms with E-state index in [0.29, 0.717) is 0 Å². The number of nitrogens with one attached hydrogen (secondary N) is 8. The van der Waals surface area contributed by atoms with Crippen LogP contribution in [0.3, 0.4) is 0 Å². The molecule has 0 aliphatic carbocycles. The summed E-state index contributed by atoms with van der Waals surface area (Å²) in [6, 6.07) is -12.9. The van der Waals surface area contributed by atoms with E-state index in [1.54, 1.807) is 6.92 Å². The number of rotatable bonds is 35. The number of primary amides is 2. The van der Waals surface area contributed by atoms with Crippen molar-refractivity contribution in [2.75, 3.05) is 13.1 Å². The van der Waals surface area contributed by atoms with Crippen molar-refractivity contribution in [2.45, 2.75) is 147 Å². The Morgan fingerprint density at radius 2 is 1.01 bits per heavy atom. The van der Waals surface area contributed by atoms with Crippen LogP contribution in [-0.2, 0) is 62.3 Å². The maximum absolute atomic E-state index is 13.8. The largest absolute Gasteiger partial charge is 0.481 e. The van der Waals surface area contributed by atoms with Crippen molar-refractivity contribution in [3.05, 3.63) is 0 Å². The van der Waals surface area contributed by atoms with Crippen LogP contribution in [0.1, 0.15) is 92.4 Å². The normalized spacial score (nSPS) is 15.1. The summed E-state index contributed by atoms with van der Waals surface area (Å²) < 4.78 is 0. The van der Waals surface area contributed by atoms with Crippen LogP contribution in [0.25, 0.3) is 0 Å². The van der Waals surface area contributed by atoms with E-state index < -0.39 is 188 Å². The molecule has 0 unspecified atom stereocenters. The predicted molar refractivity (Wildman–Crippen MR) is 249 cm³/mol. The third-order valence-corrected chi connectivity index (χ3v) is 10.5. The molecule has 0 aromatic carbocycles. The number of amides is 10. The second-order valence-corrected chi connectivity index (χ2v) is 16.9. The lowest BCUT2D eigenvalue weighted by Crippen LogP contribution is -2.61. The van der Waals surface area contributed by atoms with Gasteiger partial charge in [-0.2, -0.15) is 0 Å². The Bertz CT molecular complexity index is 2000. The number of hydrogen-bond donors (Lipinski definition) is 17. The first-order chi connectivity index (χ1) is 33.4. The van der Waals surface area contributed by atoms with Gasteiger partial charge in [0.1, 0.15) is 48.3 Å². The highest BCUT2D eigenvalue weighted by Crippen LogP contribution is 2.13. The molecule has 0 aromatic rings. The zero-order chi connectivity index (χ0) is 55.6. The summed E-state index contributed by atoms with van der Waals surface area (Å²) in [6.45, 7) is 6.40. The molecule has 0 fully saturated rings. The molecule has 0 rings (SSSR count). The number of aliphatic carboxylic acids is 3. The molecule has 0 bridgehead atoms. The molecule has 0 saturated carbocycles. The van der Waals surface area contributed by atoms with Gasteiger partial charge >= 0.3 is 17.9 Å². The summed E-state index contributed by atoms with van der Waals surface area (Å²) >= 11 is 0. The van der Waals surface area contributed by atoms with Crippen LogP contribution >= 0.6 is 0 Å². The molecule has 0 aromatic heterocycles. The van der Waals surface area contributed by atoms with Crippen molar-refractivity contribution in [1.29, 1.82) is 0 Å². The summed E-state index contributed by atoms with van der Waals surface area (Å²) in [7, 11) is 0. The van der Waals surface area contributed by atoms with Gasteiger partial charge in [0.2, 0.25) is 59.1 Å². The molecule has 0 aliphatic heterocycles. The fourth-order valence-electron chi connectivity index (χ4n) is 6.21. The molecule has 0 aliphatic rings. The van der Waals surface area contributed by atoms with Crippen molar-refractivity contribution in [3.8, 4) is 0 Å². The molecule has 72 heavy (non-hydrogen) atoms. The third-order valence-electron chi connectivity index (χ3n) is 10.5. The van der Waals surface area contributed by atoms with Gasteiger partial charge in [0.15, 0.2) is 5.96 Å². The fraction of sp³-hybridized carbons (Fsp3) is 0.659. The number of aliphatic imine (C=N–C) groups is 1. The van der Waals surface area contributed by atoms with Crippen LogP contribution < -0.4 is 71.2 Å².